The molecule has 23 heavy (non-hydrogen) atoms. The maximum atomic E-state index is 11.2. The van der Waals surface area contributed by atoms with E-state index in [1.165, 1.54) is 0 Å². The summed E-state index contributed by atoms with van der Waals surface area (Å²) in [4.78, 5) is 15.1. The van der Waals surface area contributed by atoms with E-state index in [1.807, 2.05) is 19.2 Å². The molecule has 1 N–H and O–H groups in total. The molecule has 0 fully saturated rings. The first-order chi connectivity index (χ1) is 11.1. The number of allylic oxidation sites excluding steroid dienone is 2. The van der Waals surface area contributed by atoms with Gasteiger partial charge in [0.2, 0.25) is 0 Å². The molecule has 4 rings (SSSR count). The van der Waals surface area contributed by atoms with E-state index in [9.17, 15) is 10.1 Å². The van der Waals surface area contributed by atoms with Crippen LogP contribution < -0.4 is 5.32 Å². The van der Waals surface area contributed by atoms with E-state index in [4.69, 9.17) is 0 Å². The zero-order valence-electron chi connectivity index (χ0n) is 12.8. The number of aryl methyl sites for hydroxylation is 1. The topological polar surface area (TPSA) is 68.1 Å². The van der Waals surface area contributed by atoms with Gasteiger partial charge in [-0.15, -0.1) is 0 Å². The van der Waals surface area contributed by atoms with Gasteiger partial charge in [-0.05, 0) is 42.0 Å². The lowest BCUT2D eigenvalue weighted by atomic mass is 9.76. The fraction of sp³-hybridized carbons (Fsp3) is 0.278. The molecule has 1 aromatic heterocycles. The summed E-state index contributed by atoms with van der Waals surface area (Å²) in [6, 6.07) is 7.59. The molecule has 2 aromatic rings. The average molecular weight is 307 g/mol. The number of nitro groups is 1. The molecule has 3 atom stereocenters. The third-order valence-electron chi connectivity index (χ3n) is 4.91. The number of pyridine rings is 1. The first-order valence-electron chi connectivity index (χ1n) is 7.77. The van der Waals surface area contributed by atoms with Crippen LogP contribution in [-0.2, 0) is 0 Å². The third kappa shape index (κ3) is 2.20. The molecule has 5 nitrogen and oxygen atoms in total. The largest absolute Gasteiger partial charge is 0.377 e. The molecule has 2 heterocycles. The number of rotatable bonds is 2. The van der Waals surface area contributed by atoms with Gasteiger partial charge in [-0.25, -0.2) is 0 Å². The molecule has 2 aliphatic rings. The highest BCUT2D eigenvalue weighted by Crippen LogP contribution is 2.51. The minimum atomic E-state index is -0.311. The van der Waals surface area contributed by atoms with Crippen molar-refractivity contribution in [2.24, 2.45) is 5.92 Å². The summed E-state index contributed by atoms with van der Waals surface area (Å²) in [5.74, 6) is 0.586. The number of nitrogens with one attached hydrogen (secondary N) is 1. The first kappa shape index (κ1) is 13.9. The molecular formula is C18H17N3O2. The standard InChI is InChI=1S/C18H17N3O2/c1-11-8-13(21(22)23)9-16-14-5-2-6-15(14)18(20-17(11)16)12-4-3-7-19-10-12/h2-5,7-10,14-15,18,20H,6H2,1H3. The molecule has 0 amide bonds. The number of nitrogens with zero attached hydrogens (tertiary/aromatic N) is 2. The highest BCUT2D eigenvalue weighted by molar-refractivity contribution is 5.67. The summed E-state index contributed by atoms with van der Waals surface area (Å²) in [6.45, 7) is 1.93. The van der Waals surface area contributed by atoms with E-state index in [0.717, 1.165) is 28.8 Å². The molecule has 0 spiro atoms. The van der Waals surface area contributed by atoms with Crippen molar-refractivity contribution in [2.45, 2.75) is 25.3 Å². The smallest absolute Gasteiger partial charge is 0.270 e. The molecule has 116 valence electrons. The molecule has 5 heteroatoms. The van der Waals surface area contributed by atoms with E-state index in [2.05, 4.69) is 28.5 Å². The summed E-state index contributed by atoms with van der Waals surface area (Å²) >= 11 is 0. The second-order valence-electron chi connectivity index (χ2n) is 6.25. The van der Waals surface area contributed by atoms with Gasteiger partial charge >= 0.3 is 0 Å². The Morgan fingerprint density at radius 2 is 2.26 bits per heavy atom. The molecule has 0 saturated carbocycles. The fourth-order valence-electron chi connectivity index (χ4n) is 3.86. The summed E-state index contributed by atoms with van der Waals surface area (Å²) in [5.41, 5.74) is 4.31. The molecule has 1 aliphatic heterocycles. The predicted octanol–water partition coefficient (Wildman–Crippen LogP) is 4.12. The Kier molecular flexibility index (Phi) is 3.15. The number of benzene rings is 1. The van der Waals surface area contributed by atoms with Gasteiger partial charge in [-0.2, -0.15) is 0 Å². The maximum Gasteiger partial charge on any atom is 0.270 e. The van der Waals surface area contributed by atoms with Crippen LogP contribution in [0.25, 0.3) is 0 Å². The van der Waals surface area contributed by atoms with Crippen molar-refractivity contribution in [1.29, 1.82) is 0 Å². The summed E-state index contributed by atoms with van der Waals surface area (Å²) in [6.07, 6.45) is 9.02. The number of non-ortho nitro benzene ring substituents is 1. The Bertz CT molecular complexity index is 801. The monoisotopic (exact) mass is 307 g/mol. The van der Waals surface area contributed by atoms with Crippen molar-refractivity contribution < 1.29 is 4.92 Å². The van der Waals surface area contributed by atoms with Gasteiger partial charge in [0.05, 0.1) is 11.0 Å². The summed E-state index contributed by atoms with van der Waals surface area (Å²) in [7, 11) is 0. The highest BCUT2D eigenvalue weighted by atomic mass is 16.6. The van der Waals surface area contributed by atoms with Gasteiger partial charge in [0, 0.05) is 36.1 Å². The number of aromatic nitrogens is 1. The Morgan fingerprint density at radius 1 is 1.39 bits per heavy atom. The average Bonchev–Trinajstić information content (AvgIpc) is 3.04. The zero-order valence-corrected chi connectivity index (χ0v) is 12.8. The summed E-state index contributed by atoms with van der Waals surface area (Å²) < 4.78 is 0. The Balaban J connectivity index is 1.84. The molecular weight excluding hydrogens is 290 g/mol. The lowest BCUT2D eigenvalue weighted by Crippen LogP contribution is -2.29. The lowest BCUT2D eigenvalue weighted by molar-refractivity contribution is -0.385. The molecule has 0 saturated heterocycles. The van der Waals surface area contributed by atoms with Crippen molar-refractivity contribution in [3.05, 3.63) is 75.6 Å². The minimum Gasteiger partial charge on any atom is -0.377 e. The van der Waals surface area contributed by atoms with Crippen LogP contribution in [0.2, 0.25) is 0 Å². The van der Waals surface area contributed by atoms with E-state index < -0.39 is 0 Å². The van der Waals surface area contributed by atoms with Gasteiger partial charge in [-0.1, -0.05) is 18.2 Å². The van der Waals surface area contributed by atoms with Crippen LogP contribution >= 0.6 is 0 Å². The Morgan fingerprint density at radius 3 is 3.00 bits per heavy atom. The molecule has 0 radical (unpaired) electrons. The number of anilines is 1. The summed E-state index contributed by atoms with van der Waals surface area (Å²) in [5, 5.41) is 14.8. The van der Waals surface area contributed by atoms with Crippen LogP contribution in [0, 0.1) is 23.0 Å². The number of hydrogen-bond donors (Lipinski definition) is 1. The second-order valence-corrected chi connectivity index (χ2v) is 6.25. The predicted molar refractivity (Wildman–Crippen MR) is 88.4 cm³/mol. The van der Waals surface area contributed by atoms with Crippen molar-refractivity contribution in [3.8, 4) is 0 Å². The number of fused-ring (bicyclic) bond motifs is 3. The number of nitro benzene ring substituents is 1. The van der Waals surface area contributed by atoms with Crippen LogP contribution in [0.5, 0.6) is 0 Å². The van der Waals surface area contributed by atoms with Crippen LogP contribution in [0.1, 0.15) is 35.1 Å². The zero-order chi connectivity index (χ0) is 16.0. The third-order valence-corrected chi connectivity index (χ3v) is 4.91. The number of hydrogen-bond acceptors (Lipinski definition) is 4. The molecule has 0 bridgehead atoms. The molecule has 1 aliphatic carbocycles. The lowest BCUT2D eigenvalue weighted by Gasteiger charge is -2.38. The van der Waals surface area contributed by atoms with E-state index in [1.54, 1.807) is 18.3 Å². The first-order valence-corrected chi connectivity index (χ1v) is 7.77. The van der Waals surface area contributed by atoms with Crippen LogP contribution in [0.3, 0.4) is 0 Å². The normalized spacial score (nSPS) is 24.7. The van der Waals surface area contributed by atoms with Crippen LogP contribution in [0.15, 0.2) is 48.8 Å². The van der Waals surface area contributed by atoms with Crippen LogP contribution in [0.4, 0.5) is 11.4 Å². The van der Waals surface area contributed by atoms with Crippen molar-refractivity contribution in [3.63, 3.8) is 0 Å². The van der Waals surface area contributed by atoms with Gasteiger partial charge < -0.3 is 5.32 Å². The SMILES string of the molecule is Cc1cc([N+](=O)[O-])cc2c1NC(c1cccnc1)C1CC=CC21. The van der Waals surface area contributed by atoms with Gasteiger partial charge in [0.25, 0.3) is 5.69 Å². The van der Waals surface area contributed by atoms with Crippen molar-refractivity contribution in [1.82, 2.24) is 4.98 Å². The quantitative estimate of drug-likeness (QED) is 0.514. The maximum absolute atomic E-state index is 11.2. The second kappa shape index (κ2) is 5.19. The fourth-order valence-corrected chi connectivity index (χ4v) is 3.86. The Labute approximate surface area is 134 Å². The van der Waals surface area contributed by atoms with E-state index in [0.29, 0.717) is 5.92 Å². The van der Waals surface area contributed by atoms with Gasteiger partial charge in [0.1, 0.15) is 0 Å². The van der Waals surface area contributed by atoms with Gasteiger partial charge in [-0.3, -0.25) is 15.1 Å². The molecule has 3 unspecified atom stereocenters. The van der Waals surface area contributed by atoms with E-state index in [-0.39, 0.29) is 22.6 Å². The van der Waals surface area contributed by atoms with Crippen molar-refractivity contribution >= 4 is 11.4 Å². The Hall–Kier alpha value is -2.69. The van der Waals surface area contributed by atoms with Gasteiger partial charge in [0.15, 0.2) is 0 Å². The highest BCUT2D eigenvalue weighted by Gasteiger charge is 2.39. The molecule has 1 aromatic carbocycles. The van der Waals surface area contributed by atoms with Crippen LogP contribution in [-0.4, -0.2) is 9.91 Å². The minimum absolute atomic E-state index is 0.168. The van der Waals surface area contributed by atoms with E-state index >= 15 is 0 Å². The van der Waals surface area contributed by atoms with Crippen molar-refractivity contribution in [2.75, 3.05) is 5.32 Å².